The van der Waals surface area contributed by atoms with E-state index in [1.54, 1.807) is 12.1 Å². The highest BCUT2D eigenvalue weighted by atomic mass is 35.5. The summed E-state index contributed by atoms with van der Waals surface area (Å²) in [7, 11) is 0. The smallest absolute Gasteiger partial charge is 0.146 e. The minimum atomic E-state index is -0.596. The van der Waals surface area contributed by atoms with Gasteiger partial charge in [0.15, 0.2) is 0 Å². The predicted molar refractivity (Wildman–Crippen MR) is 74.8 cm³/mol. The number of hydrogen-bond acceptors (Lipinski definition) is 3. The molecule has 3 nitrogen and oxygen atoms in total. The van der Waals surface area contributed by atoms with Gasteiger partial charge in [0.1, 0.15) is 5.82 Å². The van der Waals surface area contributed by atoms with Gasteiger partial charge in [-0.2, -0.15) is 0 Å². The Labute approximate surface area is 118 Å². The Balaban J connectivity index is 2.24. The molecule has 0 heterocycles. The van der Waals surface area contributed by atoms with E-state index >= 15 is 0 Å². The molecule has 1 atom stereocenters. The van der Waals surface area contributed by atoms with Crippen LogP contribution in [0.15, 0.2) is 18.2 Å². The molecule has 1 aromatic carbocycles. The lowest BCUT2D eigenvalue weighted by molar-refractivity contribution is 0.0260. The van der Waals surface area contributed by atoms with Gasteiger partial charge in [-0.25, -0.2) is 4.39 Å². The number of ether oxygens (including phenoxy) is 1. The molecule has 108 valence electrons. The molecule has 0 bridgehead atoms. The van der Waals surface area contributed by atoms with Crippen molar-refractivity contribution in [3.63, 3.8) is 0 Å². The molecule has 1 aromatic rings. The standard InChI is InChI=1S/C14H21ClFNO2/c1-10(2)8-19-9-12(18)7-17-6-11-4-3-5-13(15)14(11)16/h3-5,10,12,17-18H,6-9H2,1-2H3. The van der Waals surface area contributed by atoms with Crippen molar-refractivity contribution in [2.45, 2.75) is 26.5 Å². The van der Waals surface area contributed by atoms with E-state index in [0.717, 1.165) is 0 Å². The molecule has 0 spiro atoms. The van der Waals surface area contributed by atoms with Gasteiger partial charge in [0.25, 0.3) is 0 Å². The van der Waals surface area contributed by atoms with Crippen LogP contribution in [0.4, 0.5) is 4.39 Å². The highest BCUT2D eigenvalue weighted by molar-refractivity contribution is 6.30. The minimum absolute atomic E-state index is 0.111. The van der Waals surface area contributed by atoms with Gasteiger partial charge in [-0.3, -0.25) is 0 Å². The van der Waals surface area contributed by atoms with Crippen LogP contribution in [0.2, 0.25) is 5.02 Å². The molecular formula is C14H21ClFNO2. The molecule has 1 rings (SSSR count). The first-order valence-electron chi connectivity index (χ1n) is 6.40. The summed E-state index contributed by atoms with van der Waals surface area (Å²) < 4.78 is 18.9. The molecule has 0 aromatic heterocycles. The van der Waals surface area contributed by atoms with E-state index in [4.69, 9.17) is 16.3 Å². The van der Waals surface area contributed by atoms with E-state index in [0.29, 0.717) is 31.2 Å². The Morgan fingerprint density at radius 1 is 1.37 bits per heavy atom. The lowest BCUT2D eigenvalue weighted by Gasteiger charge is -2.13. The topological polar surface area (TPSA) is 41.5 Å². The van der Waals surface area contributed by atoms with E-state index in [-0.39, 0.29) is 11.6 Å². The van der Waals surface area contributed by atoms with Crippen molar-refractivity contribution in [2.24, 2.45) is 5.92 Å². The molecule has 0 aliphatic heterocycles. The zero-order valence-electron chi connectivity index (χ0n) is 11.3. The lowest BCUT2D eigenvalue weighted by atomic mass is 10.2. The third-order valence-electron chi connectivity index (χ3n) is 2.49. The zero-order chi connectivity index (χ0) is 14.3. The largest absolute Gasteiger partial charge is 0.389 e. The van der Waals surface area contributed by atoms with Crippen molar-refractivity contribution >= 4 is 11.6 Å². The third-order valence-corrected chi connectivity index (χ3v) is 2.78. The Morgan fingerprint density at radius 3 is 2.79 bits per heavy atom. The summed E-state index contributed by atoms with van der Waals surface area (Å²) in [5.41, 5.74) is 0.489. The number of halogens is 2. The maximum absolute atomic E-state index is 13.6. The van der Waals surface area contributed by atoms with E-state index < -0.39 is 11.9 Å². The van der Waals surface area contributed by atoms with Gasteiger partial charge in [0, 0.05) is 25.3 Å². The summed E-state index contributed by atoms with van der Waals surface area (Å²) in [5.74, 6) is 0.0305. The molecule has 0 aliphatic rings. The van der Waals surface area contributed by atoms with Crippen molar-refractivity contribution in [1.82, 2.24) is 5.32 Å². The number of hydrogen-bond donors (Lipinski definition) is 2. The van der Waals surface area contributed by atoms with Gasteiger partial charge in [0.05, 0.1) is 17.7 Å². The first-order valence-corrected chi connectivity index (χ1v) is 6.78. The highest BCUT2D eigenvalue weighted by Crippen LogP contribution is 2.17. The Morgan fingerprint density at radius 2 is 2.11 bits per heavy atom. The molecule has 0 radical (unpaired) electrons. The molecule has 5 heteroatoms. The SMILES string of the molecule is CC(C)COCC(O)CNCc1cccc(Cl)c1F. The van der Waals surface area contributed by atoms with Gasteiger partial charge in [-0.15, -0.1) is 0 Å². The van der Waals surface area contributed by atoms with Crippen molar-refractivity contribution < 1.29 is 14.2 Å². The van der Waals surface area contributed by atoms with Crippen molar-refractivity contribution in [3.8, 4) is 0 Å². The van der Waals surface area contributed by atoms with Crippen molar-refractivity contribution in [1.29, 1.82) is 0 Å². The van der Waals surface area contributed by atoms with Crippen LogP contribution in [0.3, 0.4) is 0 Å². The van der Waals surface area contributed by atoms with Gasteiger partial charge < -0.3 is 15.2 Å². The molecule has 0 amide bonds. The van der Waals surface area contributed by atoms with Crippen LogP contribution in [-0.4, -0.2) is 31.0 Å². The van der Waals surface area contributed by atoms with Gasteiger partial charge in [0.2, 0.25) is 0 Å². The maximum atomic E-state index is 13.6. The van der Waals surface area contributed by atoms with Crippen LogP contribution in [0, 0.1) is 11.7 Å². The quantitative estimate of drug-likeness (QED) is 0.773. The summed E-state index contributed by atoms with van der Waals surface area (Å²) in [5, 5.41) is 12.7. The fraction of sp³-hybridized carbons (Fsp3) is 0.571. The number of aliphatic hydroxyl groups is 1. The summed E-state index contributed by atoms with van der Waals surface area (Å²) in [4.78, 5) is 0. The summed E-state index contributed by atoms with van der Waals surface area (Å²) in [6.45, 7) is 5.68. The summed E-state index contributed by atoms with van der Waals surface area (Å²) >= 11 is 5.68. The van der Waals surface area contributed by atoms with E-state index in [1.165, 1.54) is 6.07 Å². The average Bonchev–Trinajstić information content (AvgIpc) is 2.34. The number of aliphatic hydroxyl groups excluding tert-OH is 1. The summed E-state index contributed by atoms with van der Waals surface area (Å²) in [6.07, 6.45) is -0.596. The van der Waals surface area contributed by atoms with Crippen LogP contribution in [0.25, 0.3) is 0 Å². The van der Waals surface area contributed by atoms with Gasteiger partial charge in [-0.05, 0) is 12.0 Å². The van der Waals surface area contributed by atoms with Crippen LogP contribution in [0.1, 0.15) is 19.4 Å². The first kappa shape index (κ1) is 16.4. The maximum Gasteiger partial charge on any atom is 0.146 e. The fourth-order valence-electron chi connectivity index (χ4n) is 1.56. The fourth-order valence-corrected chi connectivity index (χ4v) is 1.75. The van der Waals surface area contributed by atoms with E-state index in [9.17, 15) is 9.50 Å². The lowest BCUT2D eigenvalue weighted by Crippen LogP contribution is -2.30. The first-order chi connectivity index (χ1) is 9.00. The Bertz CT molecular complexity index is 388. The molecule has 0 saturated heterocycles. The molecule has 19 heavy (non-hydrogen) atoms. The van der Waals surface area contributed by atoms with E-state index in [1.807, 2.05) is 13.8 Å². The zero-order valence-corrected chi connectivity index (χ0v) is 12.1. The third kappa shape index (κ3) is 6.34. The van der Waals surface area contributed by atoms with Crippen molar-refractivity contribution in [2.75, 3.05) is 19.8 Å². The Hall–Kier alpha value is -0.680. The second-order valence-corrected chi connectivity index (χ2v) is 5.34. The number of rotatable bonds is 8. The molecule has 0 aliphatic carbocycles. The molecular weight excluding hydrogens is 269 g/mol. The van der Waals surface area contributed by atoms with Crippen LogP contribution < -0.4 is 5.32 Å². The normalized spacial score (nSPS) is 12.9. The molecule has 0 fully saturated rings. The second kappa shape index (κ2) is 8.48. The van der Waals surface area contributed by atoms with E-state index in [2.05, 4.69) is 5.32 Å². The minimum Gasteiger partial charge on any atom is -0.389 e. The van der Waals surface area contributed by atoms with Crippen LogP contribution >= 0.6 is 11.6 Å². The predicted octanol–water partition coefficient (Wildman–Crippen LogP) is 2.60. The molecule has 0 saturated carbocycles. The number of benzene rings is 1. The van der Waals surface area contributed by atoms with Crippen molar-refractivity contribution in [3.05, 3.63) is 34.6 Å². The second-order valence-electron chi connectivity index (χ2n) is 4.93. The highest BCUT2D eigenvalue weighted by Gasteiger charge is 2.08. The number of nitrogens with one attached hydrogen (secondary N) is 1. The summed E-state index contributed by atoms with van der Waals surface area (Å²) in [6, 6.07) is 4.87. The van der Waals surface area contributed by atoms with Gasteiger partial charge >= 0.3 is 0 Å². The molecule has 1 unspecified atom stereocenters. The Kier molecular flexibility index (Phi) is 7.31. The average molecular weight is 290 g/mol. The monoisotopic (exact) mass is 289 g/mol. The van der Waals surface area contributed by atoms with Crippen LogP contribution in [-0.2, 0) is 11.3 Å². The molecule has 2 N–H and O–H groups in total. The van der Waals surface area contributed by atoms with Crippen LogP contribution in [0.5, 0.6) is 0 Å². The van der Waals surface area contributed by atoms with Gasteiger partial charge in [-0.1, -0.05) is 37.6 Å².